The number of nitrogens with zero attached hydrogens (tertiary/aromatic N) is 1. The van der Waals surface area contributed by atoms with Crippen LogP contribution in [0.5, 0.6) is 0 Å². The van der Waals surface area contributed by atoms with Crippen LogP contribution in [0.1, 0.15) is 31.9 Å². The van der Waals surface area contributed by atoms with Gasteiger partial charge in [0, 0.05) is 5.69 Å². The Morgan fingerprint density at radius 1 is 1.05 bits per heavy atom. The van der Waals surface area contributed by atoms with Crippen molar-refractivity contribution in [3.8, 4) is 6.07 Å². The van der Waals surface area contributed by atoms with Crippen LogP contribution in [0.4, 0.5) is 15.8 Å². The number of hydrogen-bond acceptors (Lipinski definition) is 2. The Balaban J connectivity index is 2.28. The Morgan fingerprint density at radius 3 is 2.25 bits per heavy atom. The second-order valence-corrected chi connectivity index (χ2v) is 5.73. The van der Waals surface area contributed by atoms with Gasteiger partial charge in [0.05, 0.1) is 5.69 Å². The van der Waals surface area contributed by atoms with Crippen molar-refractivity contribution >= 4 is 11.4 Å². The molecule has 3 heteroatoms. The third-order valence-electron chi connectivity index (χ3n) is 3.16. The van der Waals surface area contributed by atoms with Crippen molar-refractivity contribution in [1.82, 2.24) is 0 Å². The standard InChI is InChI=1S/C17H17FN2/c1-17(2,3)12-7-9-13(10-8-12)20-16-6-4-5-15(18)14(16)11-19/h4-10,20H,1-3H3. The predicted octanol–water partition coefficient (Wildman–Crippen LogP) is 4.74. The van der Waals surface area contributed by atoms with E-state index in [0.29, 0.717) is 5.69 Å². The number of halogens is 1. The molecule has 102 valence electrons. The summed E-state index contributed by atoms with van der Waals surface area (Å²) in [5, 5.41) is 12.1. The average molecular weight is 268 g/mol. The third-order valence-corrected chi connectivity index (χ3v) is 3.16. The van der Waals surface area contributed by atoms with E-state index in [1.54, 1.807) is 12.1 Å². The SMILES string of the molecule is CC(C)(C)c1ccc(Nc2cccc(F)c2C#N)cc1. The molecule has 1 N–H and O–H groups in total. The molecule has 2 aromatic rings. The molecule has 0 aliphatic rings. The molecule has 0 heterocycles. The first-order valence-electron chi connectivity index (χ1n) is 6.48. The zero-order chi connectivity index (χ0) is 14.8. The van der Waals surface area contributed by atoms with Crippen molar-refractivity contribution < 1.29 is 4.39 Å². The van der Waals surface area contributed by atoms with Crippen LogP contribution in [0.25, 0.3) is 0 Å². The van der Waals surface area contributed by atoms with Crippen LogP contribution in [0, 0.1) is 17.1 Å². The van der Waals surface area contributed by atoms with Crippen molar-refractivity contribution in [2.45, 2.75) is 26.2 Å². The van der Waals surface area contributed by atoms with Crippen LogP contribution in [0.2, 0.25) is 0 Å². The van der Waals surface area contributed by atoms with Gasteiger partial charge in [-0.25, -0.2) is 4.39 Å². The van der Waals surface area contributed by atoms with E-state index >= 15 is 0 Å². The number of nitrogens with one attached hydrogen (secondary N) is 1. The van der Waals surface area contributed by atoms with Crippen molar-refractivity contribution in [2.75, 3.05) is 5.32 Å². The Hall–Kier alpha value is -2.34. The summed E-state index contributed by atoms with van der Waals surface area (Å²) in [6.45, 7) is 6.45. The van der Waals surface area contributed by atoms with Gasteiger partial charge in [-0.05, 0) is 35.2 Å². The minimum Gasteiger partial charge on any atom is -0.354 e. The maximum Gasteiger partial charge on any atom is 0.143 e. The van der Waals surface area contributed by atoms with Crippen molar-refractivity contribution in [3.63, 3.8) is 0 Å². The van der Waals surface area contributed by atoms with E-state index in [4.69, 9.17) is 5.26 Å². The average Bonchev–Trinajstić information content (AvgIpc) is 2.38. The van der Waals surface area contributed by atoms with E-state index in [1.165, 1.54) is 11.6 Å². The summed E-state index contributed by atoms with van der Waals surface area (Å²) in [7, 11) is 0. The normalized spacial score (nSPS) is 10.9. The molecule has 0 fully saturated rings. The Morgan fingerprint density at radius 2 is 1.70 bits per heavy atom. The second-order valence-electron chi connectivity index (χ2n) is 5.73. The largest absolute Gasteiger partial charge is 0.354 e. The van der Waals surface area contributed by atoms with Gasteiger partial charge in [-0.15, -0.1) is 0 Å². The smallest absolute Gasteiger partial charge is 0.143 e. The van der Waals surface area contributed by atoms with E-state index in [-0.39, 0.29) is 11.0 Å². The Bertz CT molecular complexity index is 646. The molecule has 0 saturated carbocycles. The van der Waals surface area contributed by atoms with Gasteiger partial charge in [-0.1, -0.05) is 39.0 Å². The van der Waals surface area contributed by atoms with E-state index < -0.39 is 5.82 Å². The van der Waals surface area contributed by atoms with Gasteiger partial charge in [0.2, 0.25) is 0 Å². The van der Waals surface area contributed by atoms with Crippen LogP contribution in [-0.4, -0.2) is 0 Å². The Labute approximate surface area is 118 Å². The first-order chi connectivity index (χ1) is 9.41. The van der Waals surface area contributed by atoms with Gasteiger partial charge in [0.1, 0.15) is 17.4 Å². The second kappa shape index (κ2) is 5.34. The summed E-state index contributed by atoms with van der Waals surface area (Å²) in [5.41, 5.74) is 2.67. The van der Waals surface area contributed by atoms with Gasteiger partial charge >= 0.3 is 0 Å². The fraction of sp³-hybridized carbons (Fsp3) is 0.235. The highest BCUT2D eigenvalue weighted by Crippen LogP contribution is 2.26. The topological polar surface area (TPSA) is 35.8 Å². The molecule has 0 spiro atoms. The number of anilines is 2. The number of nitriles is 1. The summed E-state index contributed by atoms with van der Waals surface area (Å²) < 4.78 is 13.5. The van der Waals surface area contributed by atoms with Gasteiger partial charge in [-0.2, -0.15) is 5.26 Å². The molecule has 20 heavy (non-hydrogen) atoms. The molecule has 0 radical (unpaired) electrons. The molecule has 0 bridgehead atoms. The highest BCUT2D eigenvalue weighted by molar-refractivity contribution is 5.66. The fourth-order valence-corrected chi connectivity index (χ4v) is 1.95. The fourth-order valence-electron chi connectivity index (χ4n) is 1.95. The van der Waals surface area contributed by atoms with Gasteiger partial charge < -0.3 is 5.32 Å². The number of benzene rings is 2. The molecule has 0 saturated heterocycles. The third kappa shape index (κ3) is 2.97. The summed E-state index contributed by atoms with van der Waals surface area (Å²) in [5.74, 6) is -0.510. The molecule has 2 aromatic carbocycles. The highest BCUT2D eigenvalue weighted by atomic mass is 19.1. The summed E-state index contributed by atoms with van der Waals surface area (Å²) >= 11 is 0. The van der Waals surface area contributed by atoms with Crippen molar-refractivity contribution in [1.29, 1.82) is 5.26 Å². The van der Waals surface area contributed by atoms with Gasteiger partial charge in [0.15, 0.2) is 0 Å². The molecule has 0 aliphatic heterocycles. The molecule has 2 rings (SSSR count). The lowest BCUT2D eigenvalue weighted by molar-refractivity contribution is 0.590. The molecule has 0 unspecified atom stereocenters. The first kappa shape index (κ1) is 14.1. The van der Waals surface area contributed by atoms with Crippen LogP contribution in [-0.2, 0) is 5.41 Å². The first-order valence-corrected chi connectivity index (χ1v) is 6.48. The van der Waals surface area contributed by atoms with E-state index in [0.717, 1.165) is 5.69 Å². The van der Waals surface area contributed by atoms with Gasteiger partial charge in [0.25, 0.3) is 0 Å². The molecular formula is C17H17FN2. The minimum atomic E-state index is -0.510. The highest BCUT2D eigenvalue weighted by Gasteiger charge is 2.13. The lowest BCUT2D eigenvalue weighted by atomic mass is 9.87. The number of rotatable bonds is 2. The maximum absolute atomic E-state index is 13.5. The van der Waals surface area contributed by atoms with E-state index in [9.17, 15) is 4.39 Å². The number of hydrogen-bond donors (Lipinski definition) is 1. The molecule has 0 aromatic heterocycles. The van der Waals surface area contributed by atoms with E-state index in [2.05, 4.69) is 26.1 Å². The van der Waals surface area contributed by atoms with Crippen molar-refractivity contribution in [3.05, 3.63) is 59.4 Å². The molecule has 2 nitrogen and oxygen atoms in total. The summed E-state index contributed by atoms with van der Waals surface area (Å²) in [6.07, 6.45) is 0. The summed E-state index contributed by atoms with van der Waals surface area (Å²) in [6, 6.07) is 14.4. The lowest BCUT2D eigenvalue weighted by Crippen LogP contribution is -2.10. The zero-order valence-corrected chi connectivity index (χ0v) is 11.9. The lowest BCUT2D eigenvalue weighted by Gasteiger charge is -2.19. The monoisotopic (exact) mass is 268 g/mol. The Kier molecular flexibility index (Phi) is 3.76. The molecular weight excluding hydrogens is 251 g/mol. The molecule has 0 atom stereocenters. The van der Waals surface area contributed by atoms with E-state index in [1.807, 2.05) is 30.3 Å². The van der Waals surface area contributed by atoms with Crippen LogP contribution in [0.3, 0.4) is 0 Å². The molecule has 0 amide bonds. The zero-order valence-electron chi connectivity index (χ0n) is 11.9. The van der Waals surface area contributed by atoms with Crippen LogP contribution < -0.4 is 5.32 Å². The van der Waals surface area contributed by atoms with Crippen LogP contribution in [0.15, 0.2) is 42.5 Å². The minimum absolute atomic E-state index is 0.0346. The van der Waals surface area contributed by atoms with Crippen molar-refractivity contribution in [2.24, 2.45) is 0 Å². The maximum atomic E-state index is 13.5. The van der Waals surface area contributed by atoms with Crippen LogP contribution >= 0.6 is 0 Å². The predicted molar refractivity (Wildman–Crippen MR) is 79.5 cm³/mol. The molecule has 0 aliphatic carbocycles. The summed E-state index contributed by atoms with van der Waals surface area (Å²) in [4.78, 5) is 0. The quantitative estimate of drug-likeness (QED) is 0.854. The van der Waals surface area contributed by atoms with Gasteiger partial charge in [-0.3, -0.25) is 0 Å².